The van der Waals surface area contributed by atoms with E-state index in [1.807, 2.05) is 23.1 Å². The molecule has 0 unspecified atom stereocenters. The predicted molar refractivity (Wildman–Crippen MR) is 106 cm³/mol. The van der Waals surface area contributed by atoms with E-state index in [4.69, 9.17) is 9.26 Å². The summed E-state index contributed by atoms with van der Waals surface area (Å²) in [5, 5.41) is 15.1. The van der Waals surface area contributed by atoms with Crippen LogP contribution in [0.4, 0.5) is 11.4 Å². The summed E-state index contributed by atoms with van der Waals surface area (Å²) in [6.45, 7) is 1.27. The van der Waals surface area contributed by atoms with Crippen molar-refractivity contribution in [3.8, 4) is 11.5 Å². The lowest BCUT2D eigenvalue weighted by Gasteiger charge is -2.33. The number of non-ortho nitro benzene ring substituents is 1. The van der Waals surface area contributed by atoms with Crippen LogP contribution in [0.5, 0.6) is 0 Å². The number of hydrogen-bond acceptors (Lipinski definition) is 9. The third-order valence-corrected chi connectivity index (χ3v) is 5.12. The molecule has 0 amide bonds. The molecule has 0 radical (unpaired) electrons. The Morgan fingerprint density at radius 2 is 2.07 bits per heavy atom. The number of carbonyl (C=O) groups excluding carboxylic acids is 1. The first-order valence-electron chi connectivity index (χ1n) is 9.43. The largest absolute Gasteiger partial charge is 0.465 e. The van der Waals surface area contributed by atoms with Gasteiger partial charge in [0.15, 0.2) is 0 Å². The zero-order valence-corrected chi connectivity index (χ0v) is 16.2. The van der Waals surface area contributed by atoms with Crippen molar-refractivity contribution in [1.82, 2.24) is 15.1 Å². The Labute approximate surface area is 171 Å². The minimum Gasteiger partial charge on any atom is -0.465 e. The van der Waals surface area contributed by atoms with Gasteiger partial charge in [-0.3, -0.25) is 15.1 Å². The Bertz CT molecular complexity index is 1060. The number of nitrogens with zero attached hydrogens (tertiary/aromatic N) is 5. The van der Waals surface area contributed by atoms with Crippen molar-refractivity contribution in [3.63, 3.8) is 0 Å². The predicted octanol–water partition coefficient (Wildman–Crippen LogP) is 3.21. The molecule has 1 aliphatic rings. The van der Waals surface area contributed by atoms with Crippen molar-refractivity contribution in [1.29, 1.82) is 0 Å². The summed E-state index contributed by atoms with van der Waals surface area (Å²) in [4.78, 5) is 33.4. The fourth-order valence-electron chi connectivity index (χ4n) is 3.55. The molecule has 3 heterocycles. The van der Waals surface area contributed by atoms with Crippen molar-refractivity contribution >= 4 is 17.3 Å². The molecule has 0 aliphatic carbocycles. The first-order chi connectivity index (χ1) is 14.6. The highest BCUT2D eigenvalue weighted by atomic mass is 16.6. The van der Waals surface area contributed by atoms with Crippen LogP contribution in [-0.4, -0.2) is 46.2 Å². The van der Waals surface area contributed by atoms with Crippen molar-refractivity contribution in [2.24, 2.45) is 0 Å². The Morgan fingerprint density at radius 1 is 1.27 bits per heavy atom. The molecule has 0 atom stereocenters. The smallest absolute Gasteiger partial charge is 0.340 e. The van der Waals surface area contributed by atoms with E-state index in [-0.39, 0.29) is 17.2 Å². The number of nitro benzene ring substituents is 1. The third-order valence-electron chi connectivity index (χ3n) is 5.12. The summed E-state index contributed by atoms with van der Waals surface area (Å²) >= 11 is 0. The lowest BCUT2D eigenvalue weighted by molar-refractivity contribution is -0.384. The number of piperidine rings is 1. The molecule has 4 rings (SSSR count). The number of pyridine rings is 1. The van der Waals surface area contributed by atoms with E-state index in [2.05, 4.69) is 15.1 Å². The van der Waals surface area contributed by atoms with Gasteiger partial charge < -0.3 is 14.2 Å². The minimum absolute atomic E-state index is 0.0887. The number of anilines is 1. The van der Waals surface area contributed by atoms with Gasteiger partial charge in [0.05, 0.1) is 23.3 Å². The van der Waals surface area contributed by atoms with Crippen LogP contribution in [0.2, 0.25) is 0 Å². The Hall–Kier alpha value is -3.82. The number of ether oxygens (including phenoxy) is 1. The first-order valence-corrected chi connectivity index (χ1v) is 9.43. The van der Waals surface area contributed by atoms with E-state index in [0.717, 1.165) is 12.8 Å². The molecule has 30 heavy (non-hydrogen) atoms. The Morgan fingerprint density at radius 3 is 2.73 bits per heavy atom. The molecular weight excluding hydrogens is 390 g/mol. The Kier molecular flexibility index (Phi) is 5.38. The van der Waals surface area contributed by atoms with Crippen LogP contribution in [0.15, 0.2) is 47.1 Å². The quantitative estimate of drug-likeness (QED) is 0.355. The van der Waals surface area contributed by atoms with Crippen LogP contribution in [-0.2, 0) is 4.74 Å². The highest BCUT2D eigenvalue weighted by molar-refractivity contribution is 5.96. The van der Waals surface area contributed by atoms with Gasteiger partial charge in [-0.25, -0.2) is 4.79 Å². The van der Waals surface area contributed by atoms with Crippen LogP contribution < -0.4 is 4.90 Å². The van der Waals surface area contributed by atoms with Crippen LogP contribution in [0.25, 0.3) is 11.5 Å². The second-order valence-electron chi connectivity index (χ2n) is 6.88. The summed E-state index contributed by atoms with van der Waals surface area (Å²) < 4.78 is 10.3. The van der Waals surface area contributed by atoms with E-state index >= 15 is 0 Å². The number of methoxy groups -OCH3 is 1. The van der Waals surface area contributed by atoms with Gasteiger partial charge in [0.2, 0.25) is 11.7 Å². The number of carbonyl (C=O) groups is 1. The average Bonchev–Trinajstić information content (AvgIpc) is 3.29. The molecular formula is C20H19N5O5. The molecule has 1 aromatic carbocycles. The molecule has 1 aliphatic heterocycles. The number of rotatable bonds is 5. The summed E-state index contributed by atoms with van der Waals surface area (Å²) in [5.74, 6) is 0.502. The normalized spacial score (nSPS) is 14.5. The van der Waals surface area contributed by atoms with E-state index in [0.29, 0.717) is 36.2 Å². The van der Waals surface area contributed by atoms with Crippen LogP contribution >= 0.6 is 0 Å². The molecule has 10 nitrogen and oxygen atoms in total. The van der Waals surface area contributed by atoms with Gasteiger partial charge in [0.25, 0.3) is 5.69 Å². The van der Waals surface area contributed by atoms with Gasteiger partial charge >= 0.3 is 5.97 Å². The molecule has 0 spiro atoms. The van der Waals surface area contributed by atoms with Gasteiger partial charge in [0.1, 0.15) is 5.69 Å². The van der Waals surface area contributed by atoms with Crippen LogP contribution in [0.3, 0.4) is 0 Å². The average molecular weight is 409 g/mol. The maximum atomic E-state index is 12.2. The van der Waals surface area contributed by atoms with Gasteiger partial charge in [-0.1, -0.05) is 11.2 Å². The van der Waals surface area contributed by atoms with Gasteiger partial charge in [-0.15, -0.1) is 0 Å². The van der Waals surface area contributed by atoms with Gasteiger partial charge in [0, 0.05) is 37.3 Å². The standard InChI is InChI=1S/C20H19N5O5/c1-29-20(26)15-12-14(25(27)28)5-6-17(15)24-10-7-13(8-11-24)19-22-18(23-30-19)16-4-2-3-9-21-16/h2-6,9,12-13H,7-8,10-11H2,1H3. The van der Waals surface area contributed by atoms with Gasteiger partial charge in [-0.05, 0) is 31.0 Å². The topological polar surface area (TPSA) is 124 Å². The number of esters is 1. The summed E-state index contributed by atoms with van der Waals surface area (Å²) in [7, 11) is 1.26. The molecule has 2 aromatic heterocycles. The molecule has 1 fully saturated rings. The van der Waals surface area contributed by atoms with E-state index in [1.165, 1.54) is 19.2 Å². The number of aromatic nitrogens is 3. The van der Waals surface area contributed by atoms with E-state index in [1.54, 1.807) is 12.3 Å². The van der Waals surface area contributed by atoms with E-state index < -0.39 is 10.9 Å². The second kappa shape index (κ2) is 8.27. The third kappa shape index (κ3) is 3.84. The lowest BCUT2D eigenvalue weighted by atomic mass is 9.95. The van der Waals surface area contributed by atoms with Crippen LogP contribution in [0, 0.1) is 10.1 Å². The van der Waals surface area contributed by atoms with Crippen molar-refractivity contribution < 1.29 is 19.0 Å². The molecule has 3 aromatic rings. The fraction of sp³-hybridized carbons (Fsp3) is 0.300. The monoisotopic (exact) mass is 409 g/mol. The zero-order valence-electron chi connectivity index (χ0n) is 16.2. The molecule has 10 heteroatoms. The molecule has 1 saturated heterocycles. The summed E-state index contributed by atoms with van der Waals surface area (Å²) in [6.07, 6.45) is 3.15. The Balaban J connectivity index is 1.49. The fourth-order valence-corrected chi connectivity index (χ4v) is 3.55. The maximum absolute atomic E-state index is 12.2. The summed E-state index contributed by atoms with van der Waals surface area (Å²) in [6, 6.07) is 9.74. The van der Waals surface area contributed by atoms with Crippen molar-refractivity contribution in [3.05, 3.63) is 64.2 Å². The highest BCUT2D eigenvalue weighted by Gasteiger charge is 2.28. The van der Waals surface area contributed by atoms with Crippen LogP contribution in [0.1, 0.15) is 35.0 Å². The van der Waals surface area contributed by atoms with Gasteiger partial charge in [-0.2, -0.15) is 4.98 Å². The zero-order chi connectivity index (χ0) is 21.1. The number of hydrogen-bond donors (Lipinski definition) is 0. The molecule has 0 N–H and O–H groups in total. The van der Waals surface area contributed by atoms with Crippen molar-refractivity contribution in [2.75, 3.05) is 25.1 Å². The lowest BCUT2D eigenvalue weighted by Crippen LogP contribution is -2.34. The minimum atomic E-state index is -0.604. The number of nitro groups is 1. The SMILES string of the molecule is COC(=O)c1cc([N+](=O)[O-])ccc1N1CCC(c2nc(-c3ccccn3)no2)CC1. The number of benzene rings is 1. The van der Waals surface area contributed by atoms with Crippen molar-refractivity contribution in [2.45, 2.75) is 18.8 Å². The second-order valence-corrected chi connectivity index (χ2v) is 6.88. The molecule has 154 valence electrons. The molecule has 0 bridgehead atoms. The summed E-state index contributed by atoms with van der Waals surface area (Å²) in [5.41, 5.74) is 1.30. The first kappa shape index (κ1) is 19.5. The maximum Gasteiger partial charge on any atom is 0.340 e. The molecule has 0 saturated carbocycles. The van der Waals surface area contributed by atoms with E-state index in [9.17, 15) is 14.9 Å². The highest BCUT2D eigenvalue weighted by Crippen LogP contribution is 2.33.